The molecule has 1 aromatic carbocycles. The molecule has 6 aliphatic rings. The molecule has 2 bridgehead atoms. The Balaban J connectivity index is 1.27. The summed E-state index contributed by atoms with van der Waals surface area (Å²) in [5, 5.41) is 13.3. The van der Waals surface area contributed by atoms with Crippen molar-refractivity contribution >= 4 is 11.7 Å². The molecule has 9 heteroatoms. The summed E-state index contributed by atoms with van der Waals surface area (Å²) in [5.74, 6) is -0.737. The molecule has 44 heavy (non-hydrogen) atoms. The van der Waals surface area contributed by atoms with Gasteiger partial charge in [0.15, 0.2) is 11.3 Å². The zero-order valence-corrected chi connectivity index (χ0v) is 25.8. The van der Waals surface area contributed by atoms with Crippen LogP contribution >= 0.6 is 0 Å². The number of halogens is 3. The molecule has 7 rings (SSSR count). The molecule has 3 unspecified atom stereocenters. The number of carbonyl (C=O) groups excluding carboxylic acids is 1. The minimum absolute atomic E-state index is 0.0668. The van der Waals surface area contributed by atoms with Crippen LogP contribution in [0.5, 0.6) is 0 Å². The number of hydrogen-bond acceptors (Lipinski definition) is 4. The van der Waals surface area contributed by atoms with Gasteiger partial charge in [-0.3, -0.25) is 4.79 Å². The number of amides is 1. The normalized spacial score (nSPS) is 38.0. The summed E-state index contributed by atoms with van der Waals surface area (Å²) in [7, 11) is 1.40. The fourth-order valence-electron chi connectivity index (χ4n) is 9.97. The van der Waals surface area contributed by atoms with Crippen LogP contribution in [0.2, 0.25) is 0 Å². The summed E-state index contributed by atoms with van der Waals surface area (Å²) in [5.41, 5.74) is -1.24. The molecular weight excluding hydrogens is 569 g/mol. The van der Waals surface area contributed by atoms with Gasteiger partial charge >= 0.3 is 6.18 Å². The molecule has 0 radical (unpaired) electrons. The Morgan fingerprint density at radius 3 is 2.59 bits per heavy atom. The van der Waals surface area contributed by atoms with Crippen LogP contribution in [0.1, 0.15) is 64.4 Å². The summed E-state index contributed by atoms with van der Waals surface area (Å²) in [4.78, 5) is 13.6. The third-order valence-electron chi connectivity index (χ3n) is 11.6. The Hall–Kier alpha value is -2.62. The minimum atomic E-state index is -5.10. The van der Waals surface area contributed by atoms with Crippen molar-refractivity contribution in [1.29, 1.82) is 0 Å². The van der Waals surface area contributed by atoms with Crippen LogP contribution in [0.25, 0.3) is 5.76 Å². The maximum absolute atomic E-state index is 14.4. The highest BCUT2D eigenvalue weighted by molar-refractivity contribution is 6.01. The predicted molar refractivity (Wildman–Crippen MR) is 160 cm³/mol. The Morgan fingerprint density at radius 1 is 1.18 bits per heavy atom. The second-order valence-electron chi connectivity index (χ2n) is 14.6. The van der Waals surface area contributed by atoms with E-state index in [9.17, 15) is 23.1 Å². The second-order valence-corrected chi connectivity index (χ2v) is 14.6. The van der Waals surface area contributed by atoms with E-state index in [2.05, 4.69) is 19.2 Å². The number of nitrogens with one attached hydrogen (secondary N) is 1. The number of likely N-dealkylation sites (tertiary alicyclic amines) is 1. The number of methoxy groups -OCH3 is 1. The monoisotopic (exact) mass is 613 g/mol. The van der Waals surface area contributed by atoms with Crippen molar-refractivity contribution in [3.05, 3.63) is 64.8 Å². The van der Waals surface area contributed by atoms with E-state index >= 15 is 0 Å². The number of nitrogens with zero attached hydrogens (tertiary/aromatic N) is 1. The molecule has 2 N–H and O–H groups in total. The van der Waals surface area contributed by atoms with Gasteiger partial charge in [-0.2, -0.15) is 13.2 Å². The van der Waals surface area contributed by atoms with Crippen molar-refractivity contribution in [3.63, 3.8) is 0 Å². The summed E-state index contributed by atoms with van der Waals surface area (Å²) in [6.07, 6.45) is 5.39. The Morgan fingerprint density at radius 2 is 1.93 bits per heavy atom. The zero-order valence-electron chi connectivity index (χ0n) is 25.8. The van der Waals surface area contributed by atoms with Crippen molar-refractivity contribution < 1.29 is 37.0 Å². The quantitative estimate of drug-likeness (QED) is 0.153. The van der Waals surface area contributed by atoms with Crippen LogP contribution in [0.15, 0.2) is 59.2 Å². The van der Waals surface area contributed by atoms with Crippen molar-refractivity contribution in [2.45, 2.75) is 88.9 Å². The van der Waals surface area contributed by atoms with Crippen molar-refractivity contribution in [1.82, 2.24) is 5.32 Å². The first kappa shape index (κ1) is 30.1. The minimum Gasteiger partial charge on any atom is -0.506 e. The standard InChI is InChI=1S/C35H43F3N2O4/c1-21(2)19-40(20-22-12-13-22)17-16-33-25-10-7-11-27(33)44-31-28(33)24(18-26(25)40)14-15-34(31,43-3)39-32(42)29(35(36,37)38)30(41)23-8-5-4-6-9-23/h4-6,8-9,14-15,21-22,25-27,31H,7,10-13,16-20H2,1-3H3,(H-,39,41,42)/p+1/t25-,26+,27-,31?,33+,34?,40?/m0/s1. The van der Waals surface area contributed by atoms with Gasteiger partial charge in [0.2, 0.25) is 0 Å². The SMILES string of the molecule is COC1(NC(=O)C(=C(O)c2ccccc2)C(F)(F)F)C=CC2=C3C1O[C@H]1CCC[C@H]4[C@@H](C2)[N+](CC(C)C)(CC2CC2)CC[C@]314. The van der Waals surface area contributed by atoms with Gasteiger partial charge < -0.3 is 24.4 Å². The van der Waals surface area contributed by atoms with E-state index in [1.165, 1.54) is 67.4 Å². The van der Waals surface area contributed by atoms with Crippen molar-refractivity contribution in [2.75, 3.05) is 26.7 Å². The molecule has 2 heterocycles. The molecule has 238 valence electrons. The molecule has 2 saturated heterocycles. The number of hydrogen-bond donors (Lipinski definition) is 2. The molecule has 1 amide bonds. The number of rotatable bonds is 8. The number of ether oxygens (including phenoxy) is 2. The number of alkyl halides is 3. The van der Waals surface area contributed by atoms with Crippen LogP contribution in [-0.2, 0) is 14.3 Å². The third kappa shape index (κ3) is 4.51. The van der Waals surface area contributed by atoms with Gasteiger partial charge in [0.1, 0.15) is 11.9 Å². The van der Waals surface area contributed by atoms with Gasteiger partial charge in [0.05, 0.1) is 31.8 Å². The smallest absolute Gasteiger partial charge is 0.425 e. The average molecular weight is 614 g/mol. The third-order valence-corrected chi connectivity index (χ3v) is 11.6. The van der Waals surface area contributed by atoms with E-state index in [1.807, 2.05) is 6.08 Å². The maximum atomic E-state index is 14.4. The van der Waals surface area contributed by atoms with Gasteiger partial charge in [0, 0.05) is 48.7 Å². The van der Waals surface area contributed by atoms with E-state index in [4.69, 9.17) is 9.47 Å². The topological polar surface area (TPSA) is 67.8 Å². The van der Waals surface area contributed by atoms with E-state index in [0.29, 0.717) is 17.9 Å². The van der Waals surface area contributed by atoms with E-state index in [0.717, 1.165) is 50.1 Å². The molecule has 4 fully saturated rings. The Bertz CT molecular complexity index is 1410. The van der Waals surface area contributed by atoms with Gasteiger partial charge in [-0.15, -0.1) is 0 Å². The second kappa shape index (κ2) is 10.5. The number of carbonyl (C=O) groups is 1. The molecule has 6 nitrogen and oxygen atoms in total. The molecule has 7 atom stereocenters. The molecule has 0 aromatic heterocycles. The fraction of sp³-hybridized carbons (Fsp3) is 0.629. The molecule has 2 aliphatic heterocycles. The lowest BCUT2D eigenvalue weighted by molar-refractivity contribution is -0.967. The maximum Gasteiger partial charge on any atom is 0.425 e. The molecule has 2 saturated carbocycles. The Kier molecular flexibility index (Phi) is 7.14. The number of aliphatic hydroxyl groups is 1. The number of benzene rings is 1. The lowest BCUT2D eigenvalue weighted by Gasteiger charge is -2.63. The fourth-order valence-corrected chi connectivity index (χ4v) is 9.97. The van der Waals surface area contributed by atoms with Gasteiger partial charge in [0.25, 0.3) is 5.91 Å². The molecule has 1 aromatic rings. The summed E-state index contributed by atoms with van der Waals surface area (Å²) < 4.78 is 57.1. The Labute approximate surface area is 257 Å². The van der Waals surface area contributed by atoms with Crippen LogP contribution in [0.3, 0.4) is 0 Å². The highest BCUT2D eigenvalue weighted by Crippen LogP contribution is 2.67. The van der Waals surface area contributed by atoms with Gasteiger partial charge in [-0.05, 0) is 42.9 Å². The first-order valence-corrected chi connectivity index (χ1v) is 16.3. The van der Waals surface area contributed by atoms with Crippen LogP contribution in [0, 0.1) is 23.2 Å². The molecular formula is C35H44F3N2O4+. The summed E-state index contributed by atoms with van der Waals surface area (Å²) >= 11 is 0. The zero-order chi connectivity index (χ0) is 31.1. The first-order valence-electron chi connectivity index (χ1n) is 16.3. The lowest BCUT2D eigenvalue weighted by atomic mass is 9.50. The number of allylic oxidation sites excluding steroid dienone is 1. The lowest BCUT2D eigenvalue weighted by Crippen LogP contribution is -2.71. The van der Waals surface area contributed by atoms with Crippen LogP contribution in [-0.4, -0.2) is 72.4 Å². The van der Waals surface area contributed by atoms with Crippen molar-refractivity contribution in [3.8, 4) is 0 Å². The largest absolute Gasteiger partial charge is 0.506 e. The van der Waals surface area contributed by atoms with Crippen molar-refractivity contribution in [2.24, 2.45) is 23.2 Å². The van der Waals surface area contributed by atoms with Gasteiger partial charge in [-0.25, -0.2) is 0 Å². The highest BCUT2D eigenvalue weighted by atomic mass is 19.4. The molecule has 4 aliphatic carbocycles. The highest BCUT2D eigenvalue weighted by Gasteiger charge is 2.71. The van der Waals surface area contributed by atoms with E-state index < -0.39 is 35.2 Å². The first-order chi connectivity index (χ1) is 20.9. The predicted octanol–water partition coefficient (Wildman–Crippen LogP) is 6.46. The summed E-state index contributed by atoms with van der Waals surface area (Å²) in [6.45, 7) is 8.16. The number of aliphatic hydroxyl groups excluding tert-OH is 1. The molecule has 1 spiro atoms. The number of piperidine rings is 1. The van der Waals surface area contributed by atoms with Crippen LogP contribution < -0.4 is 5.32 Å². The van der Waals surface area contributed by atoms with E-state index in [1.54, 1.807) is 12.1 Å². The van der Waals surface area contributed by atoms with E-state index in [-0.39, 0.29) is 17.1 Å². The average Bonchev–Trinajstić information content (AvgIpc) is 3.72. The summed E-state index contributed by atoms with van der Waals surface area (Å²) in [6, 6.07) is 7.82. The number of quaternary nitrogens is 1. The van der Waals surface area contributed by atoms with Gasteiger partial charge in [-0.1, -0.05) is 56.7 Å². The van der Waals surface area contributed by atoms with Crippen LogP contribution in [0.4, 0.5) is 13.2 Å².